The monoisotopic (exact) mass is 372 g/mol. The molecule has 1 aromatic carbocycles. The molecule has 1 heterocycles. The van der Waals surface area contributed by atoms with Crippen molar-refractivity contribution >= 4 is 38.9 Å². The summed E-state index contributed by atoms with van der Waals surface area (Å²) in [6.07, 6.45) is 0. The van der Waals surface area contributed by atoms with Gasteiger partial charge in [0.1, 0.15) is 5.01 Å². The van der Waals surface area contributed by atoms with E-state index in [1.807, 2.05) is 18.2 Å². The first-order valence-electron chi connectivity index (χ1n) is 6.66. The van der Waals surface area contributed by atoms with Crippen LogP contribution in [0.3, 0.4) is 0 Å². The summed E-state index contributed by atoms with van der Waals surface area (Å²) >= 11 is 11.4. The number of hydrogen-bond donors (Lipinski definition) is 1. The smallest absolute Gasteiger partial charge is 0.114 e. The highest BCUT2D eigenvalue weighted by Crippen LogP contribution is 2.33. The fraction of sp³-hybridized carbons (Fsp3) is 0.400. The van der Waals surface area contributed by atoms with Gasteiger partial charge in [-0.15, -0.1) is 11.3 Å². The summed E-state index contributed by atoms with van der Waals surface area (Å²) in [5, 5.41) is 7.46. The van der Waals surface area contributed by atoms with Crippen LogP contribution >= 0.6 is 38.9 Å². The normalized spacial score (nSPS) is 12.9. The first-order valence-corrected chi connectivity index (χ1v) is 8.71. The zero-order valence-corrected chi connectivity index (χ0v) is 14.9. The van der Waals surface area contributed by atoms with Crippen molar-refractivity contribution in [3.63, 3.8) is 0 Å². The topological polar surface area (TPSA) is 24.9 Å². The zero-order chi connectivity index (χ0) is 14.7. The molecule has 20 heavy (non-hydrogen) atoms. The summed E-state index contributed by atoms with van der Waals surface area (Å²) in [6.45, 7) is 7.30. The van der Waals surface area contributed by atoms with Crippen LogP contribution in [0, 0.1) is 0 Å². The van der Waals surface area contributed by atoms with Gasteiger partial charge in [0.25, 0.3) is 0 Å². The van der Waals surface area contributed by atoms with Crippen LogP contribution < -0.4 is 5.32 Å². The highest BCUT2D eigenvalue weighted by atomic mass is 79.9. The Kier molecular flexibility index (Phi) is 5.61. The molecule has 1 N–H and O–H groups in total. The minimum absolute atomic E-state index is 0.0746. The van der Waals surface area contributed by atoms with Gasteiger partial charge in [0.05, 0.1) is 11.7 Å². The Balaban J connectivity index is 2.41. The average Bonchev–Trinajstić information content (AvgIpc) is 2.89. The third-order valence-electron chi connectivity index (χ3n) is 3.06. The molecule has 0 spiro atoms. The molecule has 0 saturated heterocycles. The lowest BCUT2D eigenvalue weighted by Gasteiger charge is -2.18. The van der Waals surface area contributed by atoms with Crippen molar-refractivity contribution in [2.75, 3.05) is 6.54 Å². The van der Waals surface area contributed by atoms with E-state index in [1.54, 1.807) is 11.3 Å². The average molecular weight is 374 g/mol. The van der Waals surface area contributed by atoms with Crippen LogP contribution in [0.15, 0.2) is 28.1 Å². The van der Waals surface area contributed by atoms with E-state index in [0.29, 0.717) is 5.92 Å². The third kappa shape index (κ3) is 3.61. The van der Waals surface area contributed by atoms with E-state index in [-0.39, 0.29) is 6.04 Å². The Morgan fingerprint density at radius 1 is 1.40 bits per heavy atom. The van der Waals surface area contributed by atoms with Crippen LogP contribution in [0.25, 0.3) is 0 Å². The molecule has 0 bridgehead atoms. The number of nitrogens with one attached hydrogen (secondary N) is 1. The molecule has 0 radical (unpaired) electrons. The Labute approximate surface area is 137 Å². The van der Waals surface area contributed by atoms with Gasteiger partial charge >= 0.3 is 0 Å². The van der Waals surface area contributed by atoms with Gasteiger partial charge in [0, 0.05) is 14.9 Å². The third-order valence-corrected chi connectivity index (χ3v) is 4.94. The van der Waals surface area contributed by atoms with Crippen LogP contribution in [-0.2, 0) is 0 Å². The maximum absolute atomic E-state index is 6.14. The Morgan fingerprint density at radius 2 is 2.15 bits per heavy atom. The molecular formula is C15H18BrClN2S. The van der Waals surface area contributed by atoms with E-state index in [9.17, 15) is 0 Å². The molecular weight excluding hydrogens is 356 g/mol. The van der Waals surface area contributed by atoms with Crippen LogP contribution in [0.5, 0.6) is 0 Å². The van der Waals surface area contributed by atoms with Gasteiger partial charge in [0.15, 0.2) is 0 Å². The summed E-state index contributed by atoms with van der Waals surface area (Å²) < 4.78 is 1.05. The second kappa shape index (κ2) is 7.03. The maximum atomic E-state index is 6.14. The van der Waals surface area contributed by atoms with Crippen molar-refractivity contribution in [2.45, 2.75) is 32.7 Å². The van der Waals surface area contributed by atoms with E-state index in [1.165, 1.54) is 0 Å². The summed E-state index contributed by atoms with van der Waals surface area (Å²) in [6, 6.07) is 5.94. The number of nitrogens with zero attached hydrogens (tertiary/aromatic N) is 1. The number of aromatic nitrogens is 1. The van der Waals surface area contributed by atoms with Gasteiger partial charge in [0.2, 0.25) is 0 Å². The number of halogens is 2. The van der Waals surface area contributed by atoms with Gasteiger partial charge in [-0.1, -0.05) is 48.3 Å². The van der Waals surface area contributed by atoms with Gasteiger partial charge in [-0.3, -0.25) is 0 Å². The molecule has 2 aromatic rings. The number of thiazole rings is 1. The van der Waals surface area contributed by atoms with Crippen LogP contribution in [0.1, 0.15) is 49.0 Å². The SMILES string of the molecule is CCNC(c1nc(C(C)C)cs1)c1cc(Cl)ccc1Br. The number of rotatable bonds is 5. The molecule has 108 valence electrons. The van der Waals surface area contributed by atoms with Gasteiger partial charge < -0.3 is 5.32 Å². The van der Waals surface area contributed by atoms with Crippen LogP contribution in [-0.4, -0.2) is 11.5 Å². The Morgan fingerprint density at radius 3 is 2.75 bits per heavy atom. The molecule has 0 amide bonds. The van der Waals surface area contributed by atoms with Gasteiger partial charge in [-0.05, 0) is 36.2 Å². The minimum atomic E-state index is 0.0746. The summed E-state index contributed by atoms with van der Waals surface area (Å²) in [7, 11) is 0. The molecule has 0 saturated carbocycles. The first-order chi connectivity index (χ1) is 9.52. The van der Waals surface area contributed by atoms with E-state index in [4.69, 9.17) is 16.6 Å². The maximum Gasteiger partial charge on any atom is 0.114 e. The molecule has 5 heteroatoms. The lowest BCUT2D eigenvalue weighted by atomic mass is 10.1. The summed E-state index contributed by atoms with van der Waals surface area (Å²) in [5.41, 5.74) is 2.27. The lowest BCUT2D eigenvalue weighted by Crippen LogP contribution is -2.22. The molecule has 1 unspecified atom stereocenters. The summed E-state index contributed by atoms with van der Waals surface area (Å²) in [5.74, 6) is 0.449. The molecule has 1 aromatic heterocycles. The number of benzene rings is 1. The standard InChI is InChI=1S/C15H18BrClN2S/c1-4-18-14(11-7-10(17)5-6-12(11)16)15-19-13(8-20-15)9(2)3/h5-9,14,18H,4H2,1-3H3. The van der Waals surface area contributed by atoms with Crippen molar-refractivity contribution in [1.82, 2.24) is 10.3 Å². The fourth-order valence-electron chi connectivity index (χ4n) is 1.97. The van der Waals surface area contributed by atoms with Crippen molar-refractivity contribution in [3.8, 4) is 0 Å². The molecule has 2 nitrogen and oxygen atoms in total. The molecule has 1 atom stereocenters. The second-order valence-corrected chi connectivity index (χ2v) is 7.10. The Bertz CT molecular complexity index is 583. The highest BCUT2D eigenvalue weighted by Gasteiger charge is 2.20. The largest absolute Gasteiger partial charge is 0.305 e. The van der Waals surface area contributed by atoms with Crippen molar-refractivity contribution < 1.29 is 0 Å². The van der Waals surface area contributed by atoms with Crippen LogP contribution in [0.2, 0.25) is 5.02 Å². The molecule has 0 aliphatic heterocycles. The quantitative estimate of drug-likeness (QED) is 0.761. The molecule has 2 rings (SSSR count). The molecule has 0 fully saturated rings. The highest BCUT2D eigenvalue weighted by molar-refractivity contribution is 9.10. The predicted octanol–water partition coefficient (Wildman–Crippen LogP) is 5.38. The van der Waals surface area contributed by atoms with E-state index in [2.05, 4.69) is 47.4 Å². The molecule has 0 aliphatic rings. The molecule has 0 aliphatic carbocycles. The minimum Gasteiger partial charge on any atom is -0.305 e. The van der Waals surface area contributed by atoms with E-state index >= 15 is 0 Å². The fourth-order valence-corrected chi connectivity index (χ4v) is 3.70. The second-order valence-electron chi connectivity index (χ2n) is 4.92. The Hall–Kier alpha value is -0.420. The summed E-state index contributed by atoms with van der Waals surface area (Å²) in [4.78, 5) is 4.77. The van der Waals surface area contributed by atoms with Crippen LogP contribution in [0.4, 0.5) is 0 Å². The first kappa shape index (κ1) is 16.0. The van der Waals surface area contributed by atoms with E-state index < -0.39 is 0 Å². The number of hydrogen-bond acceptors (Lipinski definition) is 3. The lowest BCUT2D eigenvalue weighted by molar-refractivity contribution is 0.621. The predicted molar refractivity (Wildman–Crippen MR) is 90.9 cm³/mol. The van der Waals surface area contributed by atoms with Gasteiger partial charge in [-0.2, -0.15) is 0 Å². The zero-order valence-electron chi connectivity index (χ0n) is 11.8. The van der Waals surface area contributed by atoms with E-state index in [0.717, 1.165) is 32.3 Å². The van der Waals surface area contributed by atoms with Gasteiger partial charge in [-0.25, -0.2) is 4.98 Å². The van der Waals surface area contributed by atoms with Crippen molar-refractivity contribution in [1.29, 1.82) is 0 Å². The van der Waals surface area contributed by atoms with Crippen molar-refractivity contribution in [2.24, 2.45) is 0 Å². The van der Waals surface area contributed by atoms with Crippen molar-refractivity contribution in [3.05, 3.63) is 49.3 Å².